The number of fused-ring (bicyclic) bond motifs is 1. The van der Waals surface area contributed by atoms with Crippen LogP contribution in [0, 0.1) is 0 Å². The van der Waals surface area contributed by atoms with Gasteiger partial charge in [-0.15, -0.1) is 0 Å². The fourth-order valence-corrected chi connectivity index (χ4v) is 2.74. The summed E-state index contributed by atoms with van der Waals surface area (Å²) in [7, 11) is 1.39. The number of nitrogens with zero attached hydrogens (tertiary/aromatic N) is 1. The molecule has 122 valence electrons. The summed E-state index contributed by atoms with van der Waals surface area (Å²) in [5.74, 6) is -0.302. The predicted molar refractivity (Wildman–Crippen MR) is 94.7 cm³/mol. The van der Waals surface area contributed by atoms with Crippen LogP contribution in [0.1, 0.15) is 35.3 Å². The number of hydrogen-bond acceptors (Lipinski definition) is 4. The van der Waals surface area contributed by atoms with Gasteiger partial charge in [0.05, 0.1) is 12.7 Å². The zero-order chi connectivity index (χ0) is 16.8. The van der Waals surface area contributed by atoms with E-state index in [-0.39, 0.29) is 5.97 Å². The molecule has 2 aromatic carbocycles. The van der Waals surface area contributed by atoms with Gasteiger partial charge >= 0.3 is 5.97 Å². The van der Waals surface area contributed by atoms with Crippen LogP contribution >= 0.6 is 0 Å². The standard InChI is InChI=1S/C17H18N2O2.C2H6/c1-21-17(20)13-4-2-12(3-5-13)11-19-9-8-14-10-15(18)6-7-16(14)19;1-2/h2-7,10H,8-9,11,18H2,1H3;1-2H3. The average Bonchev–Trinajstić information content (AvgIpc) is 2.98. The number of ether oxygens (including phenoxy) is 1. The molecule has 0 saturated heterocycles. The summed E-state index contributed by atoms with van der Waals surface area (Å²) in [4.78, 5) is 13.8. The summed E-state index contributed by atoms with van der Waals surface area (Å²) < 4.78 is 4.71. The van der Waals surface area contributed by atoms with E-state index in [1.54, 1.807) is 12.1 Å². The molecule has 0 fully saturated rings. The summed E-state index contributed by atoms with van der Waals surface area (Å²) in [5.41, 5.74) is 11.0. The Morgan fingerprint density at radius 2 is 1.87 bits per heavy atom. The van der Waals surface area contributed by atoms with Crippen molar-refractivity contribution in [1.29, 1.82) is 0 Å². The smallest absolute Gasteiger partial charge is 0.337 e. The maximum atomic E-state index is 11.4. The molecule has 1 aliphatic heterocycles. The second-order valence-corrected chi connectivity index (χ2v) is 5.25. The Morgan fingerprint density at radius 1 is 1.17 bits per heavy atom. The van der Waals surface area contributed by atoms with Gasteiger partial charge in [-0.25, -0.2) is 4.79 Å². The Labute approximate surface area is 137 Å². The molecular formula is C19H24N2O2. The molecule has 1 heterocycles. The number of carbonyl (C=O) groups excluding carboxylic acids is 1. The summed E-state index contributed by atoms with van der Waals surface area (Å²) in [6.45, 7) is 5.83. The van der Waals surface area contributed by atoms with Crippen molar-refractivity contribution in [2.45, 2.75) is 26.8 Å². The molecule has 0 aromatic heterocycles. The quantitative estimate of drug-likeness (QED) is 0.694. The van der Waals surface area contributed by atoms with Crippen molar-refractivity contribution in [3.8, 4) is 0 Å². The fourth-order valence-electron chi connectivity index (χ4n) is 2.74. The highest BCUT2D eigenvalue weighted by atomic mass is 16.5. The van der Waals surface area contributed by atoms with Crippen LogP contribution in [0.3, 0.4) is 0 Å². The minimum absolute atomic E-state index is 0.302. The van der Waals surface area contributed by atoms with Gasteiger partial charge < -0.3 is 15.4 Å². The highest BCUT2D eigenvalue weighted by molar-refractivity contribution is 5.89. The molecule has 0 radical (unpaired) electrons. The third-order valence-electron chi connectivity index (χ3n) is 3.84. The second kappa shape index (κ2) is 7.68. The Balaban J connectivity index is 0.000000924. The van der Waals surface area contributed by atoms with Crippen LogP contribution in [0.4, 0.5) is 11.4 Å². The number of benzene rings is 2. The predicted octanol–water partition coefficient (Wildman–Crippen LogP) is 3.64. The minimum Gasteiger partial charge on any atom is -0.465 e. The van der Waals surface area contributed by atoms with Gasteiger partial charge in [0, 0.05) is 24.5 Å². The van der Waals surface area contributed by atoms with Crippen molar-refractivity contribution < 1.29 is 9.53 Å². The van der Waals surface area contributed by atoms with E-state index in [1.165, 1.54) is 23.9 Å². The van der Waals surface area contributed by atoms with E-state index in [1.807, 2.05) is 32.0 Å². The second-order valence-electron chi connectivity index (χ2n) is 5.25. The number of hydrogen-bond donors (Lipinski definition) is 1. The van der Waals surface area contributed by atoms with Crippen molar-refractivity contribution in [2.24, 2.45) is 0 Å². The Morgan fingerprint density at radius 3 is 2.52 bits per heavy atom. The van der Waals surface area contributed by atoms with E-state index >= 15 is 0 Å². The molecule has 0 bridgehead atoms. The number of nitrogen functional groups attached to an aromatic ring is 1. The number of methoxy groups -OCH3 is 1. The Bertz CT molecular complexity index is 666. The van der Waals surface area contributed by atoms with E-state index in [0.717, 1.165) is 25.2 Å². The lowest BCUT2D eigenvalue weighted by molar-refractivity contribution is 0.0600. The van der Waals surface area contributed by atoms with Gasteiger partial charge in [0.15, 0.2) is 0 Å². The first-order valence-corrected chi connectivity index (χ1v) is 7.98. The first-order valence-electron chi connectivity index (χ1n) is 7.98. The summed E-state index contributed by atoms with van der Waals surface area (Å²) in [5, 5.41) is 0. The molecule has 0 aliphatic carbocycles. The van der Waals surface area contributed by atoms with Crippen LogP contribution in [0.15, 0.2) is 42.5 Å². The van der Waals surface area contributed by atoms with Crippen molar-refractivity contribution in [1.82, 2.24) is 0 Å². The maximum Gasteiger partial charge on any atom is 0.337 e. The molecule has 2 aromatic rings. The largest absolute Gasteiger partial charge is 0.465 e. The van der Waals surface area contributed by atoms with Crippen LogP contribution in [-0.4, -0.2) is 19.6 Å². The van der Waals surface area contributed by atoms with E-state index in [0.29, 0.717) is 5.56 Å². The molecule has 0 spiro atoms. The highest BCUT2D eigenvalue weighted by Gasteiger charge is 2.19. The first-order chi connectivity index (χ1) is 11.2. The van der Waals surface area contributed by atoms with Crippen molar-refractivity contribution in [3.05, 3.63) is 59.2 Å². The van der Waals surface area contributed by atoms with Crippen LogP contribution in [-0.2, 0) is 17.7 Å². The number of rotatable bonds is 3. The van der Waals surface area contributed by atoms with Gasteiger partial charge in [0.1, 0.15) is 0 Å². The zero-order valence-electron chi connectivity index (χ0n) is 14.0. The van der Waals surface area contributed by atoms with E-state index < -0.39 is 0 Å². The van der Waals surface area contributed by atoms with E-state index in [2.05, 4.69) is 17.0 Å². The van der Waals surface area contributed by atoms with Crippen molar-refractivity contribution >= 4 is 17.3 Å². The molecule has 0 saturated carbocycles. The Hall–Kier alpha value is -2.49. The molecule has 0 amide bonds. The minimum atomic E-state index is -0.302. The van der Waals surface area contributed by atoms with Gasteiger partial charge in [0.25, 0.3) is 0 Å². The first kappa shape index (κ1) is 16.9. The molecule has 3 rings (SSSR count). The molecule has 4 nitrogen and oxygen atoms in total. The molecule has 0 atom stereocenters. The number of nitrogens with two attached hydrogens (primary N) is 1. The number of esters is 1. The highest BCUT2D eigenvalue weighted by Crippen LogP contribution is 2.30. The van der Waals surface area contributed by atoms with E-state index in [9.17, 15) is 4.79 Å². The molecule has 23 heavy (non-hydrogen) atoms. The third kappa shape index (κ3) is 3.83. The van der Waals surface area contributed by atoms with E-state index in [4.69, 9.17) is 10.5 Å². The van der Waals surface area contributed by atoms with Gasteiger partial charge in [-0.1, -0.05) is 26.0 Å². The molecule has 2 N–H and O–H groups in total. The van der Waals surface area contributed by atoms with Crippen LogP contribution < -0.4 is 10.6 Å². The van der Waals surface area contributed by atoms with Crippen LogP contribution in [0.5, 0.6) is 0 Å². The lowest BCUT2D eigenvalue weighted by Gasteiger charge is -2.19. The summed E-state index contributed by atoms with van der Waals surface area (Å²) in [6, 6.07) is 13.6. The molecule has 4 heteroatoms. The average molecular weight is 312 g/mol. The maximum absolute atomic E-state index is 11.4. The van der Waals surface area contributed by atoms with Crippen molar-refractivity contribution in [3.63, 3.8) is 0 Å². The lowest BCUT2D eigenvalue weighted by atomic mass is 10.1. The Kier molecular flexibility index (Phi) is 5.63. The zero-order valence-corrected chi connectivity index (χ0v) is 14.0. The normalized spacial score (nSPS) is 12.2. The SMILES string of the molecule is CC.COC(=O)c1ccc(CN2CCc3cc(N)ccc32)cc1. The van der Waals surface area contributed by atoms with Gasteiger partial charge in [-0.3, -0.25) is 0 Å². The monoisotopic (exact) mass is 312 g/mol. The molecule has 0 unspecified atom stereocenters. The molecule has 1 aliphatic rings. The van der Waals surface area contributed by atoms with Crippen LogP contribution in [0.2, 0.25) is 0 Å². The summed E-state index contributed by atoms with van der Waals surface area (Å²) >= 11 is 0. The summed E-state index contributed by atoms with van der Waals surface area (Å²) in [6.07, 6.45) is 1.03. The third-order valence-corrected chi connectivity index (χ3v) is 3.84. The molecular weight excluding hydrogens is 288 g/mol. The van der Waals surface area contributed by atoms with Gasteiger partial charge in [-0.05, 0) is 47.9 Å². The van der Waals surface area contributed by atoms with Crippen molar-refractivity contribution in [2.75, 3.05) is 24.3 Å². The number of anilines is 2. The number of carbonyl (C=O) groups is 1. The topological polar surface area (TPSA) is 55.6 Å². The fraction of sp³-hybridized carbons (Fsp3) is 0.316. The lowest BCUT2D eigenvalue weighted by Crippen LogP contribution is -2.19. The van der Waals surface area contributed by atoms with Gasteiger partial charge in [0.2, 0.25) is 0 Å². The van der Waals surface area contributed by atoms with Gasteiger partial charge in [-0.2, -0.15) is 0 Å². The van der Waals surface area contributed by atoms with Crippen LogP contribution in [0.25, 0.3) is 0 Å².